The summed E-state index contributed by atoms with van der Waals surface area (Å²) in [4.78, 5) is 32.6. The molecule has 2 amide bonds. The van der Waals surface area contributed by atoms with Crippen molar-refractivity contribution in [3.8, 4) is 0 Å². The first-order valence-corrected chi connectivity index (χ1v) is 6.14. The fraction of sp³-hybridized carbons (Fsp3) is 0.750. The minimum absolute atomic E-state index is 0.0725. The van der Waals surface area contributed by atoms with E-state index in [2.05, 4.69) is 15.4 Å². The molecule has 0 saturated carbocycles. The van der Waals surface area contributed by atoms with Gasteiger partial charge in [-0.15, -0.1) is 0 Å². The molecule has 6 nitrogen and oxygen atoms in total. The molecule has 0 aromatic rings. The Morgan fingerprint density at radius 1 is 0.944 bits per heavy atom. The third kappa shape index (κ3) is 10.9. The fourth-order valence-electron chi connectivity index (χ4n) is 1.34. The van der Waals surface area contributed by atoms with Gasteiger partial charge in [0.1, 0.15) is 0 Å². The third-order valence-corrected chi connectivity index (χ3v) is 2.33. The van der Waals surface area contributed by atoms with E-state index >= 15 is 0 Å². The van der Waals surface area contributed by atoms with Crippen LogP contribution < -0.4 is 10.6 Å². The molecule has 0 bridgehead atoms. The van der Waals surface area contributed by atoms with Gasteiger partial charge in [0, 0.05) is 32.9 Å². The highest BCUT2D eigenvalue weighted by Gasteiger charge is 2.02. The van der Waals surface area contributed by atoms with Crippen LogP contribution in [0.25, 0.3) is 0 Å². The summed E-state index contributed by atoms with van der Waals surface area (Å²) in [6.07, 6.45) is 3.20. The fourth-order valence-corrected chi connectivity index (χ4v) is 1.34. The quantitative estimate of drug-likeness (QED) is 0.462. The molecule has 0 heterocycles. The number of unbranched alkanes of at least 4 members (excludes halogenated alkanes) is 2. The van der Waals surface area contributed by atoms with Crippen molar-refractivity contribution >= 4 is 17.8 Å². The maximum absolute atomic E-state index is 11.3. The van der Waals surface area contributed by atoms with E-state index in [1.165, 1.54) is 14.0 Å². The molecule has 2 N–H and O–H groups in total. The Labute approximate surface area is 107 Å². The first-order chi connectivity index (χ1) is 8.56. The van der Waals surface area contributed by atoms with Gasteiger partial charge in [0.15, 0.2) is 0 Å². The number of esters is 1. The topological polar surface area (TPSA) is 84.5 Å². The Hall–Kier alpha value is -1.59. The summed E-state index contributed by atoms with van der Waals surface area (Å²) < 4.78 is 4.52. The van der Waals surface area contributed by atoms with Crippen LogP contribution in [0.2, 0.25) is 0 Å². The van der Waals surface area contributed by atoms with Gasteiger partial charge in [0.2, 0.25) is 11.8 Å². The zero-order valence-electron chi connectivity index (χ0n) is 11.1. The van der Waals surface area contributed by atoms with Crippen molar-refractivity contribution in [2.75, 3.05) is 20.2 Å². The number of ether oxygens (including phenoxy) is 1. The van der Waals surface area contributed by atoms with Gasteiger partial charge in [-0.2, -0.15) is 0 Å². The van der Waals surface area contributed by atoms with E-state index in [9.17, 15) is 14.4 Å². The molecule has 0 aliphatic heterocycles. The Morgan fingerprint density at radius 3 is 2.28 bits per heavy atom. The van der Waals surface area contributed by atoms with Crippen LogP contribution in [0.3, 0.4) is 0 Å². The van der Waals surface area contributed by atoms with Crippen LogP contribution in [0.4, 0.5) is 0 Å². The van der Waals surface area contributed by atoms with Crippen LogP contribution in [0.15, 0.2) is 0 Å². The molecule has 6 heteroatoms. The smallest absolute Gasteiger partial charge is 0.305 e. The van der Waals surface area contributed by atoms with Gasteiger partial charge in [-0.1, -0.05) is 6.42 Å². The molecule has 18 heavy (non-hydrogen) atoms. The lowest BCUT2D eigenvalue weighted by Crippen LogP contribution is -2.30. The number of nitrogens with one attached hydrogen (secondary N) is 2. The van der Waals surface area contributed by atoms with Crippen molar-refractivity contribution in [2.24, 2.45) is 0 Å². The third-order valence-electron chi connectivity index (χ3n) is 2.33. The van der Waals surface area contributed by atoms with E-state index in [1.54, 1.807) is 0 Å². The van der Waals surface area contributed by atoms with Gasteiger partial charge in [0.25, 0.3) is 0 Å². The molecule has 0 radical (unpaired) electrons. The Morgan fingerprint density at radius 2 is 1.67 bits per heavy atom. The lowest BCUT2D eigenvalue weighted by atomic mass is 10.2. The first-order valence-electron chi connectivity index (χ1n) is 6.14. The van der Waals surface area contributed by atoms with E-state index in [-0.39, 0.29) is 17.8 Å². The second-order valence-electron chi connectivity index (χ2n) is 3.97. The number of carbonyl (C=O) groups is 3. The van der Waals surface area contributed by atoms with Crippen LogP contribution in [-0.4, -0.2) is 38.0 Å². The van der Waals surface area contributed by atoms with Crippen molar-refractivity contribution in [3.05, 3.63) is 0 Å². The Bertz CT molecular complexity index is 279. The summed E-state index contributed by atoms with van der Waals surface area (Å²) in [5.41, 5.74) is 0. The molecule has 0 fully saturated rings. The van der Waals surface area contributed by atoms with Crippen molar-refractivity contribution in [2.45, 2.75) is 39.0 Å². The van der Waals surface area contributed by atoms with Crippen LogP contribution in [0.5, 0.6) is 0 Å². The summed E-state index contributed by atoms with van der Waals surface area (Å²) in [7, 11) is 1.37. The first kappa shape index (κ1) is 16.4. The predicted molar refractivity (Wildman–Crippen MR) is 66.8 cm³/mol. The summed E-state index contributed by atoms with van der Waals surface area (Å²) in [6.45, 7) is 2.38. The monoisotopic (exact) mass is 258 g/mol. The minimum atomic E-state index is -0.200. The van der Waals surface area contributed by atoms with Crippen molar-refractivity contribution in [1.82, 2.24) is 10.6 Å². The summed E-state index contributed by atoms with van der Waals surface area (Å²) >= 11 is 0. The highest BCUT2D eigenvalue weighted by molar-refractivity contribution is 5.77. The molecule has 0 unspecified atom stereocenters. The number of carbonyl (C=O) groups excluding carboxylic acids is 3. The summed E-state index contributed by atoms with van der Waals surface area (Å²) in [5.74, 6) is -0.406. The van der Waals surface area contributed by atoms with Crippen LogP contribution in [-0.2, 0) is 19.1 Å². The molecule has 0 saturated heterocycles. The second-order valence-corrected chi connectivity index (χ2v) is 3.97. The molecule has 0 aliphatic carbocycles. The van der Waals surface area contributed by atoms with Gasteiger partial charge in [-0.25, -0.2) is 0 Å². The SMILES string of the molecule is COC(=O)CCCCCNC(=O)CCNC(C)=O. The summed E-state index contributed by atoms with van der Waals surface area (Å²) in [5, 5.41) is 5.31. The van der Waals surface area contributed by atoms with Crippen LogP contribution >= 0.6 is 0 Å². The Kier molecular flexibility index (Phi) is 9.62. The summed E-state index contributed by atoms with van der Waals surface area (Å²) in [6, 6.07) is 0. The molecule has 0 aliphatic rings. The molecule has 0 aromatic carbocycles. The van der Waals surface area contributed by atoms with E-state index < -0.39 is 0 Å². The number of hydrogen-bond acceptors (Lipinski definition) is 4. The van der Waals surface area contributed by atoms with Gasteiger partial charge >= 0.3 is 5.97 Å². The maximum atomic E-state index is 11.3. The molecule has 0 atom stereocenters. The normalized spacial score (nSPS) is 9.67. The highest BCUT2D eigenvalue weighted by atomic mass is 16.5. The van der Waals surface area contributed by atoms with Crippen LogP contribution in [0, 0.1) is 0 Å². The molecule has 104 valence electrons. The molecule has 0 aromatic heterocycles. The lowest BCUT2D eigenvalue weighted by molar-refractivity contribution is -0.140. The van der Waals surface area contributed by atoms with E-state index in [0.29, 0.717) is 25.9 Å². The zero-order valence-corrected chi connectivity index (χ0v) is 11.1. The number of methoxy groups -OCH3 is 1. The predicted octanol–water partition coefficient (Wildman–Crippen LogP) is 0.362. The number of amides is 2. The number of rotatable bonds is 9. The van der Waals surface area contributed by atoms with E-state index in [1.807, 2.05) is 0 Å². The van der Waals surface area contributed by atoms with Crippen LogP contribution in [0.1, 0.15) is 39.0 Å². The van der Waals surface area contributed by atoms with Gasteiger partial charge in [-0.05, 0) is 12.8 Å². The van der Waals surface area contributed by atoms with Gasteiger partial charge < -0.3 is 15.4 Å². The minimum Gasteiger partial charge on any atom is -0.469 e. The standard InChI is InChI=1S/C12H22N2O4/c1-10(15)13-9-7-11(16)14-8-5-3-4-6-12(17)18-2/h3-9H2,1-2H3,(H,13,15)(H,14,16). The average molecular weight is 258 g/mol. The number of hydrogen-bond donors (Lipinski definition) is 2. The Balaban J connectivity index is 3.30. The van der Waals surface area contributed by atoms with Gasteiger partial charge in [-0.3, -0.25) is 14.4 Å². The van der Waals surface area contributed by atoms with E-state index in [4.69, 9.17) is 0 Å². The second kappa shape index (κ2) is 10.6. The van der Waals surface area contributed by atoms with E-state index in [0.717, 1.165) is 19.3 Å². The maximum Gasteiger partial charge on any atom is 0.305 e. The average Bonchev–Trinajstić information content (AvgIpc) is 2.32. The van der Waals surface area contributed by atoms with Crippen molar-refractivity contribution in [3.63, 3.8) is 0 Å². The molecule has 0 rings (SSSR count). The highest BCUT2D eigenvalue weighted by Crippen LogP contribution is 1.99. The molecular formula is C12H22N2O4. The van der Waals surface area contributed by atoms with Crippen molar-refractivity contribution < 1.29 is 19.1 Å². The lowest BCUT2D eigenvalue weighted by Gasteiger charge is -2.05. The van der Waals surface area contributed by atoms with Crippen molar-refractivity contribution in [1.29, 1.82) is 0 Å². The molecule has 0 spiro atoms. The molecular weight excluding hydrogens is 236 g/mol. The van der Waals surface area contributed by atoms with Gasteiger partial charge in [0.05, 0.1) is 7.11 Å². The largest absolute Gasteiger partial charge is 0.469 e. The zero-order chi connectivity index (χ0) is 13.8.